The minimum atomic E-state index is -0.349. The van der Waals surface area contributed by atoms with E-state index in [1.807, 2.05) is 0 Å². The largest absolute Gasteiger partial charge is 0.507 e. The number of hydrogen-bond donors (Lipinski definition) is 3. The number of aromatic nitrogens is 4. The van der Waals surface area contributed by atoms with Crippen molar-refractivity contribution >= 4 is 11.9 Å². The summed E-state index contributed by atoms with van der Waals surface area (Å²) in [6, 6.07) is 3.19. The number of nitrogens with zero attached hydrogens (tertiary/aromatic N) is 3. The first kappa shape index (κ1) is 11.1. The van der Waals surface area contributed by atoms with E-state index < -0.39 is 0 Å². The van der Waals surface area contributed by atoms with Gasteiger partial charge in [-0.1, -0.05) is 5.10 Å². The van der Waals surface area contributed by atoms with Gasteiger partial charge in [-0.2, -0.15) is 5.21 Å². The van der Waals surface area contributed by atoms with Crippen LogP contribution in [0.25, 0.3) is 0 Å². The summed E-state index contributed by atoms with van der Waals surface area (Å²) in [5.74, 6) is -0.0444. The van der Waals surface area contributed by atoms with Crippen molar-refractivity contribution in [3.63, 3.8) is 0 Å². The molecule has 0 spiro atoms. The summed E-state index contributed by atoms with van der Waals surface area (Å²) in [5.41, 5.74) is 1.72. The van der Waals surface area contributed by atoms with Gasteiger partial charge in [-0.05, 0) is 42.3 Å². The molecule has 7 heteroatoms. The molecule has 0 saturated carbocycles. The maximum atomic E-state index is 11.8. The van der Waals surface area contributed by atoms with Gasteiger partial charge in [0.15, 0.2) is 0 Å². The zero-order chi connectivity index (χ0) is 12.4. The molecule has 3 N–H and O–H groups in total. The van der Waals surface area contributed by atoms with Gasteiger partial charge in [0.05, 0.1) is 0 Å². The number of aromatic amines is 1. The van der Waals surface area contributed by atoms with Crippen molar-refractivity contribution in [1.82, 2.24) is 20.6 Å². The van der Waals surface area contributed by atoms with Gasteiger partial charge in [0.25, 0.3) is 11.9 Å². The molecule has 0 radical (unpaired) electrons. The summed E-state index contributed by atoms with van der Waals surface area (Å²) in [4.78, 5) is 11.8. The van der Waals surface area contributed by atoms with E-state index in [4.69, 9.17) is 0 Å². The second-order valence-corrected chi connectivity index (χ2v) is 3.65. The predicted molar refractivity (Wildman–Crippen MR) is 59.7 cm³/mol. The van der Waals surface area contributed by atoms with Gasteiger partial charge in [-0.15, -0.1) is 5.10 Å². The highest BCUT2D eigenvalue weighted by Crippen LogP contribution is 2.23. The lowest BCUT2D eigenvalue weighted by atomic mass is 10.1. The van der Waals surface area contributed by atoms with Crippen molar-refractivity contribution in [3.8, 4) is 5.75 Å². The third kappa shape index (κ3) is 2.22. The molecule has 0 aliphatic carbocycles. The predicted octanol–water partition coefficient (Wildman–Crippen LogP) is 0.774. The lowest BCUT2D eigenvalue weighted by molar-refractivity contribution is 0.102. The van der Waals surface area contributed by atoms with Crippen molar-refractivity contribution in [1.29, 1.82) is 0 Å². The molecule has 1 heterocycles. The summed E-state index contributed by atoms with van der Waals surface area (Å²) in [6.45, 7) is 3.46. The van der Waals surface area contributed by atoms with E-state index in [-0.39, 0.29) is 17.6 Å². The molecule has 0 bridgehead atoms. The van der Waals surface area contributed by atoms with Gasteiger partial charge in [-0.3, -0.25) is 10.1 Å². The van der Waals surface area contributed by atoms with Crippen molar-refractivity contribution in [2.75, 3.05) is 5.32 Å². The molecular formula is C10H11N5O2. The number of aromatic hydroxyl groups is 1. The smallest absolute Gasteiger partial charge is 0.270 e. The van der Waals surface area contributed by atoms with E-state index in [2.05, 4.69) is 25.9 Å². The van der Waals surface area contributed by atoms with E-state index in [1.54, 1.807) is 26.0 Å². The Bertz CT molecular complexity index is 527. The zero-order valence-corrected chi connectivity index (χ0v) is 9.35. The molecule has 0 aliphatic rings. The number of phenolic OH excluding ortho intramolecular Hbond substituents is 1. The number of amides is 1. The fourth-order valence-electron chi connectivity index (χ4n) is 1.48. The van der Waals surface area contributed by atoms with Crippen LogP contribution in [0.3, 0.4) is 0 Å². The number of carbonyl (C=O) groups is 1. The van der Waals surface area contributed by atoms with E-state index in [9.17, 15) is 9.90 Å². The summed E-state index contributed by atoms with van der Waals surface area (Å²) in [5, 5.41) is 24.9. The number of carbonyl (C=O) groups excluding carboxylic acids is 1. The fourth-order valence-corrected chi connectivity index (χ4v) is 1.48. The molecule has 0 aliphatic heterocycles. The number of H-pyrrole nitrogens is 1. The Morgan fingerprint density at radius 1 is 1.35 bits per heavy atom. The minimum absolute atomic E-state index is 0.110. The quantitative estimate of drug-likeness (QED) is 0.710. The number of rotatable bonds is 2. The van der Waals surface area contributed by atoms with Gasteiger partial charge in [0.1, 0.15) is 5.75 Å². The molecule has 2 aromatic rings. The van der Waals surface area contributed by atoms with Crippen LogP contribution in [0.5, 0.6) is 5.75 Å². The van der Waals surface area contributed by atoms with Gasteiger partial charge >= 0.3 is 0 Å². The monoisotopic (exact) mass is 233 g/mol. The molecule has 0 saturated heterocycles. The number of benzene rings is 1. The molecule has 1 amide bonds. The van der Waals surface area contributed by atoms with Crippen LogP contribution >= 0.6 is 0 Å². The van der Waals surface area contributed by atoms with Crippen LogP contribution in [-0.4, -0.2) is 31.6 Å². The molecule has 7 nitrogen and oxygen atoms in total. The van der Waals surface area contributed by atoms with E-state index in [1.165, 1.54) is 0 Å². The number of hydrogen-bond acceptors (Lipinski definition) is 5. The van der Waals surface area contributed by atoms with Crippen LogP contribution in [0.15, 0.2) is 12.1 Å². The lowest BCUT2D eigenvalue weighted by Crippen LogP contribution is -2.13. The van der Waals surface area contributed by atoms with Crippen molar-refractivity contribution in [2.24, 2.45) is 0 Å². The first-order valence-electron chi connectivity index (χ1n) is 4.93. The third-order valence-electron chi connectivity index (χ3n) is 2.32. The average molecular weight is 233 g/mol. The fraction of sp³-hybridized carbons (Fsp3) is 0.200. The average Bonchev–Trinajstić information content (AvgIpc) is 2.77. The van der Waals surface area contributed by atoms with Crippen LogP contribution in [0, 0.1) is 13.8 Å². The molecule has 1 aromatic heterocycles. The Hall–Kier alpha value is -2.44. The Labute approximate surface area is 96.9 Å². The summed E-state index contributed by atoms with van der Waals surface area (Å²) in [6.07, 6.45) is 0. The second kappa shape index (κ2) is 4.20. The highest BCUT2D eigenvalue weighted by molar-refractivity contribution is 6.03. The van der Waals surface area contributed by atoms with Crippen LogP contribution in [0.1, 0.15) is 21.5 Å². The van der Waals surface area contributed by atoms with Crippen LogP contribution in [0.2, 0.25) is 0 Å². The van der Waals surface area contributed by atoms with E-state index in [0.717, 1.165) is 0 Å². The Morgan fingerprint density at radius 2 is 2.00 bits per heavy atom. The molecular weight excluding hydrogens is 222 g/mol. The number of anilines is 1. The highest BCUT2D eigenvalue weighted by Gasteiger charge is 2.11. The number of nitrogens with one attached hydrogen (secondary N) is 2. The summed E-state index contributed by atoms with van der Waals surface area (Å²) in [7, 11) is 0. The Morgan fingerprint density at radius 3 is 2.53 bits per heavy atom. The van der Waals surface area contributed by atoms with Crippen LogP contribution < -0.4 is 5.32 Å². The summed E-state index contributed by atoms with van der Waals surface area (Å²) >= 11 is 0. The second-order valence-electron chi connectivity index (χ2n) is 3.65. The Balaban J connectivity index is 2.26. The van der Waals surface area contributed by atoms with Gasteiger partial charge in [0.2, 0.25) is 0 Å². The topological polar surface area (TPSA) is 104 Å². The molecule has 0 fully saturated rings. The number of tetrazole rings is 1. The van der Waals surface area contributed by atoms with Crippen LogP contribution in [0.4, 0.5) is 5.95 Å². The van der Waals surface area contributed by atoms with Crippen LogP contribution in [-0.2, 0) is 0 Å². The standard InChI is InChI=1S/C10H11N5O2/c1-5-3-7(4-6(2)8(5)16)9(17)11-10-12-14-15-13-10/h3-4,16H,1-2H3,(H2,11,12,13,14,15,17). The van der Waals surface area contributed by atoms with Gasteiger partial charge < -0.3 is 5.11 Å². The first-order chi connectivity index (χ1) is 8.08. The molecule has 17 heavy (non-hydrogen) atoms. The highest BCUT2D eigenvalue weighted by atomic mass is 16.3. The van der Waals surface area contributed by atoms with Gasteiger partial charge in [0, 0.05) is 5.56 Å². The normalized spacial score (nSPS) is 10.2. The molecule has 2 rings (SSSR count). The van der Waals surface area contributed by atoms with Gasteiger partial charge in [-0.25, -0.2) is 0 Å². The maximum absolute atomic E-state index is 11.8. The summed E-state index contributed by atoms with van der Waals surface area (Å²) < 4.78 is 0. The van der Waals surface area contributed by atoms with Crippen molar-refractivity contribution in [3.05, 3.63) is 28.8 Å². The maximum Gasteiger partial charge on any atom is 0.270 e. The minimum Gasteiger partial charge on any atom is -0.507 e. The molecule has 0 atom stereocenters. The lowest BCUT2D eigenvalue weighted by Gasteiger charge is -2.06. The molecule has 1 aromatic carbocycles. The zero-order valence-electron chi connectivity index (χ0n) is 9.35. The number of phenols is 1. The SMILES string of the molecule is Cc1cc(C(=O)Nc2nn[nH]n2)cc(C)c1O. The number of aryl methyl sites for hydroxylation is 2. The van der Waals surface area contributed by atoms with Crippen molar-refractivity contribution in [2.45, 2.75) is 13.8 Å². The first-order valence-corrected chi connectivity index (χ1v) is 4.93. The third-order valence-corrected chi connectivity index (χ3v) is 2.32. The molecule has 0 unspecified atom stereocenters. The van der Waals surface area contributed by atoms with E-state index in [0.29, 0.717) is 16.7 Å². The van der Waals surface area contributed by atoms with Crippen molar-refractivity contribution < 1.29 is 9.90 Å². The molecule has 88 valence electrons. The van der Waals surface area contributed by atoms with E-state index >= 15 is 0 Å². The Kier molecular flexibility index (Phi) is 2.73.